The van der Waals surface area contributed by atoms with Crippen molar-refractivity contribution < 1.29 is 9.18 Å². The predicted octanol–water partition coefficient (Wildman–Crippen LogP) is 4.29. The lowest BCUT2D eigenvalue weighted by molar-refractivity contribution is 0.112. The first-order chi connectivity index (χ1) is 9.69. The van der Waals surface area contributed by atoms with Crippen molar-refractivity contribution in [3.8, 4) is 0 Å². The van der Waals surface area contributed by atoms with Gasteiger partial charge in [0.05, 0.1) is 0 Å². The molecule has 0 N–H and O–H groups in total. The monoisotopic (exact) mass is 287 g/mol. The van der Waals surface area contributed by atoms with Crippen molar-refractivity contribution >= 4 is 28.8 Å². The van der Waals surface area contributed by atoms with Crippen molar-refractivity contribution in [3.63, 3.8) is 0 Å². The zero-order valence-electron chi connectivity index (χ0n) is 10.5. The molecule has 0 atom stereocenters. The molecular weight excluding hydrogens is 277 g/mol. The van der Waals surface area contributed by atoms with E-state index in [1.807, 2.05) is 29.0 Å². The Morgan fingerprint density at radius 3 is 2.80 bits per heavy atom. The van der Waals surface area contributed by atoms with E-state index in [2.05, 4.69) is 0 Å². The maximum atomic E-state index is 13.0. The van der Waals surface area contributed by atoms with Crippen LogP contribution in [-0.2, 0) is 6.54 Å². The number of hydrogen-bond acceptors (Lipinski definition) is 1. The van der Waals surface area contributed by atoms with Gasteiger partial charge in [-0.2, -0.15) is 0 Å². The molecule has 3 aromatic rings. The fraction of sp³-hybridized carbons (Fsp3) is 0.0625. The van der Waals surface area contributed by atoms with Crippen LogP contribution in [-0.4, -0.2) is 10.9 Å². The van der Waals surface area contributed by atoms with Gasteiger partial charge in [-0.3, -0.25) is 4.79 Å². The van der Waals surface area contributed by atoms with Crippen molar-refractivity contribution in [3.05, 3.63) is 70.6 Å². The number of carbonyl (C=O) groups is 1. The highest BCUT2D eigenvalue weighted by molar-refractivity contribution is 6.31. The van der Waals surface area contributed by atoms with Crippen LogP contribution in [0.3, 0.4) is 0 Å². The molecule has 2 nitrogen and oxygen atoms in total. The lowest BCUT2D eigenvalue weighted by Crippen LogP contribution is -1.99. The second-order valence-corrected chi connectivity index (χ2v) is 4.98. The number of fused-ring (bicyclic) bond motifs is 1. The number of aromatic nitrogens is 1. The highest BCUT2D eigenvalue weighted by Gasteiger charge is 2.07. The normalized spacial score (nSPS) is 10.9. The molecule has 0 saturated carbocycles. The minimum atomic E-state index is -0.348. The number of carbonyl (C=O) groups excluding carboxylic acids is 1. The Hall–Kier alpha value is -2.13. The summed E-state index contributed by atoms with van der Waals surface area (Å²) in [6, 6.07) is 11.8. The van der Waals surface area contributed by atoms with Crippen molar-refractivity contribution in [2.75, 3.05) is 0 Å². The molecule has 1 aromatic heterocycles. The summed E-state index contributed by atoms with van der Waals surface area (Å²) in [7, 11) is 0. The van der Waals surface area contributed by atoms with E-state index in [1.165, 1.54) is 12.1 Å². The summed E-state index contributed by atoms with van der Waals surface area (Å²) in [4.78, 5) is 11.0. The van der Waals surface area contributed by atoms with Gasteiger partial charge in [-0.1, -0.05) is 29.8 Å². The molecule has 0 bridgehead atoms. The van der Waals surface area contributed by atoms with E-state index in [0.717, 1.165) is 22.8 Å². The fourth-order valence-electron chi connectivity index (χ4n) is 2.32. The quantitative estimate of drug-likeness (QED) is 0.659. The molecule has 3 rings (SSSR count). The molecule has 0 aliphatic heterocycles. The van der Waals surface area contributed by atoms with E-state index >= 15 is 0 Å². The number of nitrogens with zero attached hydrogens (tertiary/aromatic N) is 1. The van der Waals surface area contributed by atoms with E-state index < -0.39 is 0 Å². The summed E-state index contributed by atoms with van der Waals surface area (Å²) in [6.45, 7) is 0.533. The lowest BCUT2D eigenvalue weighted by Gasteiger charge is -2.08. The zero-order valence-corrected chi connectivity index (χ0v) is 11.3. The third-order valence-electron chi connectivity index (χ3n) is 3.33. The van der Waals surface area contributed by atoms with Crippen molar-refractivity contribution in [1.82, 2.24) is 4.57 Å². The standard InChI is InChI=1S/C16H11ClFNO/c17-15-8-13(18)5-4-11(15)9-19-7-6-14-12(10-20)2-1-3-16(14)19/h1-8,10H,9H2. The number of benzene rings is 2. The van der Waals surface area contributed by atoms with Crippen LogP contribution in [0.1, 0.15) is 15.9 Å². The molecule has 1 heterocycles. The average Bonchev–Trinajstić information content (AvgIpc) is 2.85. The highest BCUT2D eigenvalue weighted by atomic mass is 35.5. The van der Waals surface area contributed by atoms with Crippen LogP contribution in [0.2, 0.25) is 5.02 Å². The Labute approximate surface area is 120 Å². The van der Waals surface area contributed by atoms with Crippen LogP contribution < -0.4 is 0 Å². The smallest absolute Gasteiger partial charge is 0.150 e. The zero-order chi connectivity index (χ0) is 14.1. The molecule has 0 saturated heterocycles. The minimum Gasteiger partial charge on any atom is -0.343 e. The molecule has 2 aromatic carbocycles. The molecule has 0 aliphatic rings. The van der Waals surface area contributed by atoms with Gasteiger partial charge in [0.25, 0.3) is 0 Å². The van der Waals surface area contributed by atoms with Crippen molar-refractivity contribution in [2.45, 2.75) is 6.54 Å². The van der Waals surface area contributed by atoms with Gasteiger partial charge in [0.1, 0.15) is 5.82 Å². The first kappa shape index (κ1) is 12.9. The van der Waals surface area contributed by atoms with Crippen LogP contribution >= 0.6 is 11.6 Å². The minimum absolute atomic E-state index is 0.348. The molecule has 0 unspecified atom stereocenters. The van der Waals surface area contributed by atoms with E-state index in [0.29, 0.717) is 17.1 Å². The van der Waals surface area contributed by atoms with Gasteiger partial charge in [-0.15, -0.1) is 0 Å². The van der Waals surface area contributed by atoms with Crippen LogP contribution in [0.15, 0.2) is 48.7 Å². The van der Waals surface area contributed by atoms with Gasteiger partial charge in [0.15, 0.2) is 6.29 Å². The number of halogens is 2. The SMILES string of the molecule is O=Cc1cccc2c1ccn2Cc1ccc(F)cc1Cl. The maximum Gasteiger partial charge on any atom is 0.150 e. The third-order valence-corrected chi connectivity index (χ3v) is 3.68. The molecule has 0 radical (unpaired) electrons. The number of rotatable bonds is 3. The van der Waals surface area contributed by atoms with Gasteiger partial charge in [0.2, 0.25) is 0 Å². The van der Waals surface area contributed by atoms with E-state index in [-0.39, 0.29) is 5.82 Å². The topological polar surface area (TPSA) is 22.0 Å². The van der Waals surface area contributed by atoms with Gasteiger partial charge in [-0.05, 0) is 29.8 Å². The molecule has 20 heavy (non-hydrogen) atoms. The Bertz CT molecular complexity index is 794. The fourth-order valence-corrected chi connectivity index (χ4v) is 2.55. The number of aldehydes is 1. The lowest BCUT2D eigenvalue weighted by atomic mass is 10.1. The predicted molar refractivity (Wildman–Crippen MR) is 77.8 cm³/mol. The Morgan fingerprint density at radius 2 is 2.05 bits per heavy atom. The van der Waals surface area contributed by atoms with Crippen LogP contribution in [0.25, 0.3) is 10.9 Å². The Kier molecular flexibility index (Phi) is 3.28. The van der Waals surface area contributed by atoms with Gasteiger partial charge >= 0.3 is 0 Å². The van der Waals surface area contributed by atoms with Gasteiger partial charge < -0.3 is 4.57 Å². The summed E-state index contributed by atoms with van der Waals surface area (Å²) >= 11 is 6.05. The summed E-state index contributed by atoms with van der Waals surface area (Å²) in [5.74, 6) is -0.348. The highest BCUT2D eigenvalue weighted by Crippen LogP contribution is 2.23. The average molecular weight is 288 g/mol. The molecule has 0 spiro atoms. The number of hydrogen-bond donors (Lipinski definition) is 0. The van der Waals surface area contributed by atoms with E-state index in [9.17, 15) is 9.18 Å². The Morgan fingerprint density at radius 1 is 1.20 bits per heavy atom. The summed E-state index contributed by atoms with van der Waals surface area (Å²) < 4.78 is 15.0. The maximum absolute atomic E-state index is 13.0. The van der Waals surface area contributed by atoms with Crippen LogP contribution in [0.5, 0.6) is 0 Å². The first-order valence-corrected chi connectivity index (χ1v) is 6.54. The van der Waals surface area contributed by atoms with Crippen LogP contribution in [0.4, 0.5) is 4.39 Å². The van der Waals surface area contributed by atoms with Crippen LogP contribution in [0, 0.1) is 5.82 Å². The summed E-state index contributed by atoms with van der Waals surface area (Å²) in [5, 5.41) is 1.30. The second-order valence-electron chi connectivity index (χ2n) is 4.58. The van der Waals surface area contributed by atoms with E-state index in [4.69, 9.17) is 11.6 Å². The molecule has 4 heteroatoms. The Balaban J connectivity index is 2.05. The molecular formula is C16H11ClFNO. The van der Waals surface area contributed by atoms with Crippen molar-refractivity contribution in [2.24, 2.45) is 0 Å². The third kappa shape index (κ3) is 2.21. The van der Waals surface area contributed by atoms with Crippen molar-refractivity contribution in [1.29, 1.82) is 0 Å². The molecule has 0 amide bonds. The molecule has 0 aliphatic carbocycles. The largest absolute Gasteiger partial charge is 0.343 e. The van der Waals surface area contributed by atoms with Gasteiger partial charge in [-0.25, -0.2) is 4.39 Å². The molecule has 0 fully saturated rings. The summed E-state index contributed by atoms with van der Waals surface area (Å²) in [5.41, 5.74) is 2.45. The summed E-state index contributed by atoms with van der Waals surface area (Å²) in [6.07, 6.45) is 2.74. The second kappa shape index (κ2) is 5.10. The first-order valence-electron chi connectivity index (χ1n) is 6.16. The van der Waals surface area contributed by atoms with Gasteiger partial charge in [0, 0.05) is 34.2 Å². The van der Waals surface area contributed by atoms with E-state index in [1.54, 1.807) is 12.1 Å². The molecule has 100 valence electrons.